The van der Waals surface area contributed by atoms with E-state index < -0.39 is 0 Å². The minimum Gasteiger partial charge on any atom is -0.397 e. The second-order valence-corrected chi connectivity index (χ2v) is 3.22. The molecule has 3 N–H and O–H groups in total. The maximum atomic E-state index is 5.87. The summed E-state index contributed by atoms with van der Waals surface area (Å²) in [6.45, 7) is 2.96. The molecule has 0 amide bonds. The van der Waals surface area contributed by atoms with Gasteiger partial charge in [-0.05, 0) is 44.6 Å². The number of nitrogens with zero attached hydrogens (tertiary/aromatic N) is 1. The molecule has 0 aromatic carbocycles. The number of aromatic nitrogens is 1. The Morgan fingerprint density at radius 1 is 1.57 bits per heavy atom. The van der Waals surface area contributed by atoms with E-state index in [9.17, 15) is 0 Å². The zero-order chi connectivity index (χ0) is 10.4. The molecule has 1 aromatic rings. The minimum atomic E-state index is 0.771. The van der Waals surface area contributed by atoms with Crippen LogP contribution < -0.4 is 11.1 Å². The molecule has 3 nitrogen and oxygen atoms in total. The van der Waals surface area contributed by atoms with Gasteiger partial charge in [0.15, 0.2) is 0 Å². The number of rotatable bonds is 4. The van der Waals surface area contributed by atoms with E-state index in [0.29, 0.717) is 0 Å². The average Bonchev–Trinajstić information content (AvgIpc) is 2.19. The molecule has 0 fully saturated rings. The Balaban J connectivity index is 2.67. The first-order valence-electron chi connectivity index (χ1n) is 4.78. The van der Waals surface area contributed by atoms with Crippen LogP contribution >= 0.6 is 0 Å². The zero-order valence-corrected chi connectivity index (χ0v) is 8.75. The smallest absolute Gasteiger partial charge is 0.0858 e. The monoisotopic (exact) mass is 191 g/mol. The van der Waals surface area contributed by atoms with Crippen LogP contribution in [-0.4, -0.2) is 18.6 Å². The summed E-state index contributed by atoms with van der Waals surface area (Å²) in [6, 6.07) is 1.92. The van der Waals surface area contributed by atoms with Crippen LogP contribution in [-0.2, 0) is 0 Å². The third-order valence-electron chi connectivity index (χ3n) is 2.08. The first kappa shape index (κ1) is 10.7. The van der Waals surface area contributed by atoms with Crippen molar-refractivity contribution in [3.05, 3.63) is 29.6 Å². The summed E-state index contributed by atoms with van der Waals surface area (Å²) in [5, 5.41) is 3.08. The molecule has 0 aliphatic carbocycles. The number of aryl methyl sites for hydroxylation is 1. The Morgan fingerprint density at radius 3 is 3.07 bits per heavy atom. The summed E-state index contributed by atoms with van der Waals surface area (Å²) in [7, 11) is 1.94. The van der Waals surface area contributed by atoms with Gasteiger partial charge >= 0.3 is 0 Å². The Labute approximate surface area is 85.0 Å². The second kappa shape index (κ2) is 5.40. The highest BCUT2D eigenvalue weighted by Gasteiger charge is 1.97. The van der Waals surface area contributed by atoms with Crippen molar-refractivity contribution in [1.29, 1.82) is 0 Å². The maximum Gasteiger partial charge on any atom is 0.0858 e. The Bertz CT molecular complexity index is 318. The summed E-state index contributed by atoms with van der Waals surface area (Å²) in [6.07, 6.45) is 6.82. The van der Waals surface area contributed by atoms with Crippen LogP contribution in [0.4, 0.5) is 5.69 Å². The predicted molar refractivity (Wildman–Crippen MR) is 61.0 cm³/mol. The topological polar surface area (TPSA) is 50.9 Å². The third-order valence-corrected chi connectivity index (χ3v) is 2.08. The van der Waals surface area contributed by atoms with Gasteiger partial charge in [0.25, 0.3) is 0 Å². The van der Waals surface area contributed by atoms with Crippen LogP contribution in [0, 0.1) is 6.92 Å². The van der Waals surface area contributed by atoms with Crippen LogP contribution in [0.25, 0.3) is 6.08 Å². The van der Waals surface area contributed by atoms with Crippen LogP contribution in [0.1, 0.15) is 17.7 Å². The van der Waals surface area contributed by atoms with Crippen molar-refractivity contribution < 1.29 is 0 Å². The molecule has 0 spiro atoms. The molecular formula is C11H17N3. The van der Waals surface area contributed by atoms with Gasteiger partial charge in [0.2, 0.25) is 0 Å². The van der Waals surface area contributed by atoms with E-state index in [2.05, 4.69) is 16.4 Å². The molecule has 0 atom stereocenters. The fourth-order valence-electron chi connectivity index (χ4n) is 1.15. The van der Waals surface area contributed by atoms with Gasteiger partial charge in [0.1, 0.15) is 0 Å². The second-order valence-electron chi connectivity index (χ2n) is 3.22. The fraction of sp³-hybridized carbons (Fsp3) is 0.364. The quantitative estimate of drug-likeness (QED) is 0.711. The lowest BCUT2D eigenvalue weighted by Crippen LogP contribution is -2.05. The normalized spacial score (nSPS) is 11.0. The molecule has 1 rings (SSSR count). The van der Waals surface area contributed by atoms with Crippen molar-refractivity contribution >= 4 is 11.8 Å². The van der Waals surface area contributed by atoms with Gasteiger partial charge in [0.05, 0.1) is 11.4 Å². The molecule has 1 heterocycles. The zero-order valence-electron chi connectivity index (χ0n) is 8.75. The molecule has 0 saturated carbocycles. The van der Waals surface area contributed by atoms with Crippen molar-refractivity contribution in [3.8, 4) is 0 Å². The molecule has 76 valence electrons. The molecule has 0 aliphatic rings. The number of nitrogens with one attached hydrogen (secondary N) is 1. The van der Waals surface area contributed by atoms with E-state index in [-0.39, 0.29) is 0 Å². The first-order valence-corrected chi connectivity index (χ1v) is 4.78. The van der Waals surface area contributed by atoms with Crippen LogP contribution in [0.15, 0.2) is 18.3 Å². The average molecular weight is 191 g/mol. The number of hydrogen-bond donors (Lipinski definition) is 2. The lowest BCUT2D eigenvalue weighted by atomic mass is 10.2. The highest BCUT2D eigenvalue weighted by atomic mass is 14.8. The Kier molecular flexibility index (Phi) is 4.13. The Morgan fingerprint density at radius 2 is 2.36 bits per heavy atom. The van der Waals surface area contributed by atoms with E-state index in [1.165, 1.54) is 0 Å². The SMILES string of the molecule is CNCCC=Cc1nccc(C)c1N. The number of nitrogen functional groups attached to an aromatic ring is 1. The molecule has 14 heavy (non-hydrogen) atoms. The van der Waals surface area contributed by atoms with Gasteiger partial charge in [-0.25, -0.2) is 0 Å². The minimum absolute atomic E-state index is 0.771. The number of nitrogens with two attached hydrogens (primary N) is 1. The fourth-order valence-corrected chi connectivity index (χ4v) is 1.15. The molecule has 0 unspecified atom stereocenters. The van der Waals surface area contributed by atoms with E-state index in [4.69, 9.17) is 5.73 Å². The van der Waals surface area contributed by atoms with Crippen LogP contribution in [0.5, 0.6) is 0 Å². The third kappa shape index (κ3) is 2.85. The summed E-state index contributed by atoms with van der Waals surface area (Å²) in [5.41, 5.74) is 8.58. The van der Waals surface area contributed by atoms with Gasteiger partial charge in [0, 0.05) is 6.20 Å². The summed E-state index contributed by atoms with van der Waals surface area (Å²) >= 11 is 0. The molecule has 0 aliphatic heterocycles. The van der Waals surface area contributed by atoms with Crippen molar-refractivity contribution in [1.82, 2.24) is 10.3 Å². The van der Waals surface area contributed by atoms with E-state index in [1.54, 1.807) is 6.20 Å². The van der Waals surface area contributed by atoms with Crippen molar-refractivity contribution in [2.45, 2.75) is 13.3 Å². The predicted octanol–water partition coefficient (Wildman–Crippen LogP) is 1.59. The van der Waals surface area contributed by atoms with Gasteiger partial charge < -0.3 is 11.1 Å². The van der Waals surface area contributed by atoms with Gasteiger partial charge in [-0.2, -0.15) is 0 Å². The standard InChI is InChI=1S/C11H17N3/c1-9-6-8-14-10(11(9)12)5-3-4-7-13-2/h3,5-6,8,13H,4,7,12H2,1-2H3. The van der Waals surface area contributed by atoms with Crippen LogP contribution in [0.3, 0.4) is 0 Å². The molecule has 3 heteroatoms. The van der Waals surface area contributed by atoms with E-state index in [1.807, 2.05) is 26.1 Å². The lowest BCUT2D eigenvalue weighted by molar-refractivity contribution is 0.809. The number of anilines is 1. The maximum absolute atomic E-state index is 5.87. The first-order chi connectivity index (χ1) is 6.75. The van der Waals surface area contributed by atoms with E-state index in [0.717, 1.165) is 29.9 Å². The van der Waals surface area contributed by atoms with Crippen molar-refractivity contribution in [2.75, 3.05) is 19.3 Å². The number of hydrogen-bond acceptors (Lipinski definition) is 3. The summed E-state index contributed by atoms with van der Waals surface area (Å²) < 4.78 is 0. The van der Waals surface area contributed by atoms with Crippen LogP contribution in [0.2, 0.25) is 0 Å². The highest BCUT2D eigenvalue weighted by molar-refractivity contribution is 5.63. The molecule has 1 aromatic heterocycles. The molecule has 0 bridgehead atoms. The molecular weight excluding hydrogens is 174 g/mol. The molecule has 0 saturated heterocycles. The highest BCUT2D eigenvalue weighted by Crippen LogP contribution is 2.14. The van der Waals surface area contributed by atoms with Crippen molar-refractivity contribution in [2.24, 2.45) is 0 Å². The molecule has 0 radical (unpaired) electrons. The Hall–Kier alpha value is -1.35. The van der Waals surface area contributed by atoms with E-state index >= 15 is 0 Å². The summed E-state index contributed by atoms with van der Waals surface area (Å²) in [5.74, 6) is 0. The summed E-state index contributed by atoms with van der Waals surface area (Å²) in [4.78, 5) is 4.20. The van der Waals surface area contributed by atoms with Gasteiger partial charge in [-0.15, -0.1) is 0 Å². The van der Waals surface area contributed by atoms with Gasteiger partial charge in [-0.3, -0.25) is 4.98 Å². The largest absolute Gasteiger partial charge is 0.397 e. The number of pyridine rings is 1. The van der Waals surface area contributed by atoms with Gasteiger partial charge in [-0.1, -0.05) is 6.08 Å². The lowest BCUT2D eigenvalue weighted by Gasteiger charge is -2.02. The van der Waals surface area contributed by atoms with Crippen molar-refractivity contribution in [3.63, 3.8) is 0 Å².